The van der Waals surface area contributed by atoms with E-state index in [1.165, 1.54) is 7.05 Å². The molecule has 2 rings (SSSR count). The molecule has 7 heteroatoms. The number of nitrogens with zero attached hydrogens (tertiary/aromatic N) is 1. The number of likely N-dealkylation sites (N-methyl/N-ethyl adjacent to an activating group) is 1. The van der Waals surface area contributed by atoms with Crippen LogP contribution in [0.25, 0.3) is 6.08 Å². The average molecular weight is 372 g/mol. The molecular weight excluding hydrogens is 358 g/mol. The minimum Gasteiger partial charge on any atom is -0.493 e. The van der Waals surface area contributed by atoms with E-state index >= 15 is 0 Å². The summed E-state index contributed by atoms with van der Waals surface area (Å²) in [4.78, 5) is 24.9. The van der Waals surface area contributed by atoms with Gasteiger partial charge in [-0.25, -0.2) is 0 Å². The number of amides is 2. The van der Waals surface area contributed by atoms with E-state index in [9.17, 15) is 9.59 Å². The van der Waals surface area contributed by atoms with Crippen molar-refractivity contribution in [3.63, 3.8) is 0 Å². The van der Waals surface area contributed by atoms with E-state index in [0.29, 0.717) is 23.0 Å². The van der Waals surface area contributed by atoms with Crippen molar-refractivity contribution in [3.8, 4) is 11.5 Å². The molecule has 1 saturated heterocycles. The Bertz CT molecular complexity index is 630. The lowest BCUT2D eigenvalue weighted by atomic mass is 10.2. The highest BCUT2D eigenvalue weighted by Gasteiger charge is 2.32. The molecule has 0 N–H and O–H groups in total. The first-order chi connectivity index (χ1) is 9.97. The van der Waals surface area contributed by atoms with Gasteiger partial charge in [0.1, 0.15) is 0 Å². The van der Waals surface area contributed by atoms with Gasteiger partial charge in [0, 0.05) is 11.5 Å². The molecule has 1 aliphatic heterocycles. The number of hydrogen-bond donors (Lipinski definition) is 0. The molecule has 21 heavy (non-hydrogen) atoms. The number of imide groups is 1. The molecule has 0 bridgehead atoms. The third kappa shape index (κ3) is 3.24. The van der Waals surface area contributed by atoms with Crippen LogP contribution in [-0.2, 0) is 4.79 Å². The topological polar surface area (TPSA) is 55.8 Å². The first kappa shape index (κ1) is 15.9. The van der Waals surface area contributed by atoms with Crippen molar-refractivity contribution in [2.45, 2.75) is 6.92 Å². The molecule has 5 nitrogen and oxygen atoms in total. The van der Waals surface area contributed by atoms with E-state index in [-0.39, 0.29) is 11.1 Å². The van der Waals surface area contributed by atoms with Crippen LogP contribution in [-0.4, -0.2) is 36.8 Å². The Morgan fingerprint density at radius 1 is 1.33 bits per heavy atom. The van der Waals surface area contributed by atoms with Crippen molar-refractivity contribution in [3.05, 3.63) is 27.1 Å². The highest BCUT2D eigenvalue weighted by atomic mass is 79.9. The molecule has 112 valence electrons. The number of hydrogen-bond acceptors (Lipinski definition) is 5. The molecule has 0 unspecified atom stereocenters. The van der Waals surface area contributed by atoms with E-state index in [2.05, 4.69) is 15.9 Å². The lowest BCUT2D eigenvalue weighted by Gasteiger charge is -2.11. The van der Waals surface area contributed by atoms with Crippen LogP contribution in [0.5, 0.6) is 11.5 Å². The minimum atomic E-state index is -0.301. The number of halogens is 1. The van der Waals surface area contributed by atoms with Crippen LogP contribution in [0.2, 0.25) is 0 Å². The van der Waals surface area contributed by atoms with Crippen LogP contribution in [0, 0.1) is 0 Å². The first-order valence-corrected chi connectivity index (χ1v) is 7.80. The zero-order valence-electron chi connectivity index (χ0n) is 11.8. The lowest BCUT2D eigenvalue weighted by molar-refractivity contribution is -0.121. The third-order valence-corrected chi connectivity index (χ3v) is 4.50. The first-order valence-electron chi connectivity index (χ1n) is 6.19. The number of rotatable bonds is 4. The second kappa shape index (κ2) is 6.53. The molecule has 1 aliphatic rings. The predicted molar refractivity (Wildman–Crippen MR) is 85.6 cm³/mol. The minimum absolute atomic E-state index is 0.278. The van der Waals surface area contributed by atoms with Gasteiger partial charge in [-0.2, -0.15) is 0 Å². The number of carbonyl (C=O) groups excluding carboxylic acids is 2. The maximum atomic E-state index is 11.9. The molecule has 1 aromatic rings. The summed E-state index contributed by atoms with van der Waals surface area (Å²) in [7, 11) is 3.02. The number of benzene rings is 1. The van der Waals surface area contributed by atoms with Gasteiger partial charge in [0.2, 0.25) is 0 Å². The number of thioether (sulfide) groups is 1. The summed E-state index contributed by atoms with van der Waals surface area (Å²) >= 11 is 4.36. The van der Waals surface area contributed by atoms with Crippen LogP contribution in [0.4, 0.5) is 4.79 Å². The Kier molecular flexibility index (Phi) is 4.95. The van der Waals surface area contributed by atoms with Crippen molar-refractivity contribution in [1.82, 2.24) is 4.90 Å². The SMILES string of the molecule is CCOc1cc(Br)c(/C=C2\SC(=O)N(C)C2=O)cc1OC. The summed E-state index contributed by atoms with van der Waals surface area (Å²) in [6.07, 6.45) is 1.66. The average Bonchev–Trinajstić information content (AvgIpc) is 2.69. The standard InChI is InChI=1S/C14H14BrNO4S/c1-4-20-11-7-9(15)8(5-10(11)19-3)6-12-13(17)16(2)14(18)21-12/h5-7H,4H2,1-3H3/b12-6-. The smallest absolute Gasteiger partial charge is 0.293 e. The summed E-state index contributed by atoms with van der Waals surface area (Å²) in [5.41, 5.74) is 0.745. The maximum absolute atomic E-state index is 11.9. The van der Waals surface area contributed by atoms with E-state index in [0.717, 1.165) is 26.7 Å². The van der Waals surface area contributed by atoms with Crippen molar-refractivity contribution in [2.75, 3.05) is 20.8 Å². The summed E-state index contributed by atoms with van der Waals surface area (Å²) in [6.45, 7) is 2.41. The molecule has 0 atom stereocenters. The van der Waals surface area contributed by atoms with Gasteiger partial charge < -0.3 is 9.47 Å². The highest BCUT2D eigenvalue weighted by Crippen LogP contribution is 2.37. The van der Waals surface area contributed by atoms with Gasteiger partial charge in [0.25, 0.3) is 11.1 Å². The normalized spacial score (nSPS) is 16.8. The molecule has 0 saturated carbocycles. The highest BCUT2D eigenvalue weighted by molar-refractivity contribution is 9.10. The molecule has 1 fully saturated rings. The molecule has 2 amide bonds. The Morgan fingerprint density at radius 2 is 2.05 bits per heavy atom. The van der Waals surface area contributed by atoms with E-state index in [1.807, 2.05) is 6.92 Å². The molecule has 1 aromatic carbocycles. The van der Waals surface area contributed by atoms with Crippen LogP contribution >= 0.6 is 27.7 Å². The van der Waals surface area contributed by atoms with E-state index in [4.69, 9.17) is 9.47 Å². The fraction of sp³-hybridized carbons (Fsp3) is 0.286. The Morgan fingerprint density at radius 3 is 2.57 bits per heavy atom. The Balaban J connectivity index is 2.41. The van der Waals surface area contributed by atoms with Crippen molar-refractivity contribution in [1.29, 1.82) is 0 Å². The fourth-order valence-corrected chi connectivity index (χ4v) is 3.03. The number of methoxy groups -OCH3 is 1. The van der Waals surface area contributed by atoms with Crippen molar-refractivity contribution < 1.29 is 19.1 Å². The van der Waals surface area contributed by atoms with Gasteiger partial charge in [-0.05, 0) is 42.5 Å². The lowest BCUT2D eigenvalue weighted by Crippen LogP contribution is -2.22. The summed E-state index contributed by atoms with van der Waals surface area (Å²) in [5, 5.41) is -0.278. The molecular formula is C14H14BrNO4S. The zero-order valence-corrected chi connectivity index (χ0v) is 14.2. The summed E-state index contributed by atoms with van der Waals surface area (Å²) < 4.78 is 11.5. The fourth-order valence-electron chi connectivity index (χ4n) is 1.78. The molecule has 0 aliphatic carbocycles. The Labute approximate surface area is 135 Å². The van der Waals surface area contributed by atoms with Crippen LogP contribution in [0.3, 0.4) is 0 Å². The predicted octanol–water partition coefficient (Wildman–Crippen LogP) is 3.52. The quantitative estimate of drug-likeness (QED) is 0.757. The van der Waals surface area contributed by atoms with Crippen LogP contribution in [0.15, 0.2) is 21.5 Å². The zero-order chi connectivity index (χ0) is 15.6. The molecule has 0 radical (unpaired) electrons. The molecule has 0 aromatic heterocycles. The van der Waals surface area contributed by atoms with Gasteiger partial charge >= 0.3 is 0 Å². The van der Waals surface area contributed by atoms with Gasteiger partial charge in [0.05, 0.1) is 18.6 Å². The van der Waals surface area contributed by atoms with Crippen molar-refractivity contribution >= 4 is 44.9 Å². The van der Waals surface area contributed by atoms with Gasteiger partial charge in [-0.3, -0.25) is 14.5 Å². The second-order valence-electron chi connectivity index (χ2n) is 4.20. The van der Waals surface area contributed by atoms with Gasteiger partial charge in [-0.15, -0.1) is 0 Å². The van der Waals surface area contributed by atoms with Gasteiger partial charge in [-0.1, -0.05) is 15.9 Å². The van der Waals surface area contributed by atoms with Crippen molar-refractivity contribution in [2.24, 2.45) is 0 Å². The summed E-state index contributed by atoms with van der Waals surface area (Å²) in [6, 6.07) is 3.54. The largest absolute Gasteiger partial charge is 0.493 e. The molecule has 1 heterocycles. The second-order valence-corrected chi connectivity index (χ2v) is 6.05. The van der Waals surface area contributed by atoms with Gasteiger partial charge in [0.15, 0.2) is 11.5 Å². The van der Waals surface area contributed by atoms with E-state index < -0.39 is 0 Å². The molecule has 0 spiro atoms. The summed E-state index contributed by atoms with van der Waals surface area (Å²) in [5.74, 6) is 0.888. The van der Waals surface area contributed by atoms with E-state index in [1.54, 1.807) is 25.3 Å². The number of carbonyl (C=O) groups is 2. The third-order valence-electron chi connectivity index (χ3n) is 2.86. The van der Waals surface area contributed by atoms with Crippen LogP contribution < -0.4 is 9.47 Å². The Hall–Kier alpha value is -1.47. The maximum Gasteiger partial charge on any atom is 0.293 e. The monoisotopic (exact) mass is 371 g/mol. The van der Waals surface area contributed by atoms with Crippen LogP contribution in [0.1, 0.15) is 12.5 Å². The number of ether oxygens (including phenoxy) is 2.